The zero-order valence-corrected chi connectivity index (χ0v) is 27.1. The van der Waals surface area contributed by atoms with E-state index in [4.69, 9.17) is 37.3 Å². The lowest BCUT2D eigenvalue weighted by Crippen LogP contribution is -2.03. The molecule has 0 radical (unpaired) electrons. The molecule has 2 atom stereocenters. The fraction of sp³-hybridized carbons (Fsp3) is 0.263. The van der Waals surface area contributed by atoms with Crippen molar-refractivity contribution >= 4 is 0 Å². The largest absolute Gasteiger partial charge is 0.494 e. The zero-order valence-electron chi connectivity index (χ0n) is 27.1. The number of benzene rings is 4. The summed E-state index contributed by atoms with van der Waals surface area (Å²) in [6.45, 7) is 3.80. The highest BCUT2D eigenvalue weighted by molar-refractivity contribution is 5.60. The molecule has 12 nitrogen and oxygen atoms in total. The van der Waals surface area contributed by atoms with Crippen molar-refractivity contribution < 1.29 is 37.3 Å². The lowest BCUT2D eigenvalue weighted by molar-refractivity contribution is 0.263. The topological polar surface area (TPSA) is 140 Å². The molecule has 0 amide bonds. The van der Waals surface area contributed by atoms with Gasteiger partial charge in [-0.05, 0) is 110 Å². The van der Waals surface area contributed by atoms with Gasteiger partial charge in [0.15, 0.2) is 0 Å². The number of hydrogen-bond donors (Lipinski definition) is 0. The van der Waals surface area contributed by atoms with E-state index < -0.39 is 0 Å². The second-order valence-corrected chi connectivity index (χ2v) is 11.9. The van der Waals surface area contributed by atoms with Gasteiger partial charge in [0.2, 0.25) is 23.6 Å². The Hall–Kier alpha value is -5.72. The molecule has 0 aliphatic carbocycles. The van der Waals surface area contributed by atoms with Crippen molar-refractivity contribution in [2.45, 2.75) is 25.0 Å². The van der Waals surface area contributed by atoms with Gasteiger partial charge in [0, 0.05) is 22.3 Å². The summed E-state index contributed by atoms with van der Waals surface area (Å²) in [5.41, 5.74) is 3.27. The van der Waals surface area contributed by atoms with E-state index in [0.29, 0.717) is 50.0 Å². The number of rotatable bonds is 17. The van der Waals surface area contributed by atoms with Crippen LogP contribution in [0.3, 0.4) is 0 Å². The number of hydrogen-bond acceptors (Lipinski definition) is 12. The monoisotopic (exact) mass is 674 g/mol. The molecule has 0 N–H and O–H groups in total. The van der Waals surface area contributed by atoms with Gasteiger partial charge in [-0.1, -0.05) is 0 Å². The quantitative estimate of drug-likeness (QED) is 0.0733. The SMILES string of the molecule is c1cc(-c2nnc(-c3ccc(OCC4CO4)cc3)o2)ccc1OCCCCOc1ccc(-c2nnc(-c3ccc(OCC4CO4)cc3)o2)cc1. The second kappa shape index (κ2) is 14.8. The van der Waals surface area contributed by atoms with E-state index in [9.17, 15) is 0 Å². The molecule has 8 rings (SSSR count). The Morgan fingerprint density at radius 3 is 0.980 bits per heavy atom. The van der Waals surface area contributed by atoms with Gasteiger partial charge >= 0.3 is 0 Å². The van der Waals surface area contributed by atoms with Gasteiger partial charge in [0.25, 0.3) is 0 Å². The van der Waals surface area contributed by atoms with E-state index in [1.54, 1.807) is 0 Å². The van der Waals surface area contributed by atoms with Crippen LogP contribution < -0.4 is 18.9 Å². The lowest BCUT2D eigenvalue weighted by atomic mass is 10.2. The van der Waals surface area contributed by atoms with Gasteiger partial charge < -0.3 is 37.3 Å². The van der Waals surface area contributed by atoms with Gasteiger partial charge in [0.05, 0.1) is 26.4 Å². The Morgan fingerprint density at radius 2 is 0.700 bits per heavy atom. The second-order valence-electron chi connectivity index (χ2n) is 11.9. The first-order valence-electron chi connectivity index (χ1n) is 16.5. The molecule has 0 saturated carbocycles. The van der Waals surface area contributed by atoms with E-state index in [-0.39, 0.29) is 12.2 Å². The molecule has 12 heteroatoms. The van der Waals surface area contributed by atoms with Crippen LogP contribution in [-0.4, -0.2) is 72.2 Å². The molecule has 2 aliphatic heterocycles. The third-order valence-electron chi connectivity index (χ3n) is 8.01. The predicted octanol–water partition coefficient (Wildman–Crippen LogP) is 6.91. The molecule has 4 aromatic carbocycles. The van der Waals surface area contributed by atoms with Crippen molar-refractivity contribution in [3.63, 3.8) is 0 Å². The molecule has 50 heavy (non-hydrogen) atoms. The molecule has 0 bridgehead atoms. The maximum atomic E-state index is 5.92. The first-order chi connectivity index (χ1) is 24.7. The number of epoxide rings is 2. The Balaban J connectivity index is 0.741. The average molecular weight is 675 g/mol. The summed E-state index contributed by atoms with van der Waals surface area (Å²) >= 11 is 0. The summed E-state index contributed by atoms with van der Waals surface area (Å²) in [6.07, 6.45) is 2.12. The van der Waals surface area contributed by atoms with Gasteiger partial charge in [-0.25, -0.2) is 0 Å². The van der Waals surface area contributed by atoms with Crippen molar-refractivity contribution in [3.8, 4) is 68.8 Å². The van der Waals surface area contributed by atoms with Crippen LogP contribution in [0.2, 0.25) is 0 Å². The van der Waals surface area contributed by atoms with Crippen LogP contribution in [-0.2, 0) is 9.47 Å². The van der Waals surface area contributed by atoms with E-state index in [1.807, 2.05) is 97.1 Å². The maximum Gasteiger partial charge on any atom is 0.248 e. The molecule has 6 aromatic rings. The summed E-state index contributed by atoms with van der Waals surface area (Å²) in [5.74, 6) is 4.87. The smallest absolute Gasteiger partial charge is 0.248 e. The Morgan fingerprint density at radius 1 is 0.420 bits per heavy atom. The molecule has 254 valence electrons. The lowest BCUT2D eigenvalue weighted by Gasteiger charge is -2.08. The molecule has 2 unspecified atom stereocenters. The minimum atomic E-state index is 0.215. The molecular weight excluding hydrogens is 640 g/mol. The van der Waals surface area contributed by atoms with Crippen LogP contribution in [0.4, 0.5) is 0 Å². The molecule has 0 spiro atoms. The van der Waals surface area contributed by atoms with E-state index in [1.165, 1.54) is 0 Å². The number of nitrogens with zero attached hydrogens (tertiary/aromatic N) is 4. The molecule has 2 saturated heterocycles. The van der Waals surface area contributed by atoms with E-state index in [2.05, 4.69) is 20.4 Å². The first kappa shape index (κ1) is 31.5. The van der Waals surface area contributed by atoms with Crippen molar-refractivity contribution in [2.24, 2.45) is 0 Å². The van der Waals surface area contributed by atoms with Gasteiger partial charge in [-0.2, -0.15) is 0 Å². The van der Waals surface area contributed by atoms with Crippen LogP contribution in [0.5, 0.6) is 23.0 Å². The normalized spacial score (nSPS) is 16.2. The highest BCUT2D eigenvalue weighted by Gasteiger charge is 2.24. The van der Waals surface area contributed by atoms with Crippen LogP contribution in [0.15, 0.2) is 106 Å². The third-order valence-corrected chi connectivity index (χ3v) is 8.01. The Labute approximate surface area is 287 Å². The summed E-state index contributed by atoms with van der Waals surface area (Å²) in [5, 5.41) is 16.8. The third kappa shape index (κ3) is 8.28. The van der Waals surface area contributed by atoms with Crippen LogP contribution >= 0.6 is 0 Å². The molecule has 2 aliphatic rings. The van der Waals surface area contributed by atoms with E-state index >= 15 is 0 Å². The maximum absolute atomic E-state index is 5.92. The van der Waals surface area contributed by atoms with Crippen molar-refractivity contribution in [1.29, 1.82) is 0 Å². The minimum absolute atomic E-state index is 0.215. The van der Waals surface area contributed by atoms with Gasteiger partial charge in [-0.3, -0.25) is 0 Å². The number of unbranched alkanes of at least 4 members (excludes halogenated alkanes) is 1. The summed E-state index contributed by atoms with van der Waals surface area (Å²) in [4.78, 5) is 0. The van der Waals surface area contributed by atoms with Crippen molar-refractivity contribution in [2.75, 3.05) is 39.6 Å². The highest BCUT2D eigenvalue weighted by atomic mass is 16.6. The van der Waals surface area contributed by atoms with Gasteiger partial charge in [-0.15, -0.1) is 20.4 Å². The van der Waals surface area contributed by atoms with Gasteiger partial charge in [0.1, 0.15) is 48.4 Å². The molecule has 4 heterocycles. The summed E-state index contributed by atoms with van der Waals surface area (Å²) in [7, 11) is 0. The molecule has 2 aromatic heterocycles. The Kier molecular flexibility index (Phi) is 9.34. The van der Waals surface area contributed by atoms with Crippen LogP contribution in [0.1, 0.15) is 12.8 Å². The molecular formula is C38H34N4O8. The fourth-order valence-electron chi connectivity index (χ4n) is 4.98. The van der Waals surface area contributed by atoms with Crippen molar-refractivity contribution in [1.82, 2.24) is 20.4 Å². The standard InChI is InChI=1S/C38H34N4O8/c1(19-43-29-11-3-25(4-12-29)35-39-41-37(49-35)27-7-15-31(16-8-27)45-21-33-23-47-33)2-20-44-30-13-5-26(6-14-30)36-40-42-38(50-36)28-9-17-32(18-10-28)46-22-34-24-48-34/h3-18,33-34H,1-2,19-24H2. The summed E-state index contributed by atoms with van der Waals surface area (Å²) < 4.78 is 45.4. The molecule has 2 fully saturated rings. The Bertz CT molecular complexity index is 1820. The van der Waals surface area contributed by atoms with Crippen LogP contribution in [0, 0.1) is 0 Å². The minimum Gasteiger partial charge on any atom is -0.494 e. The van der Waals surface area contributed by atoms with Crippen LogP contribution in [0.25, 0.3) is 45.8 Å². The highest BCUT2D eigenvalue weighted by Crippen LogP contribution is 2.29. The number of aromatic nitrogens is 4. The zero-order chi connectivity index (χ0) is 33.5. The number of ether oxygens (including phenoxy) is 6. The fourth-order valence-corrected chi connectivity index (χ4v) is 4.98. The first-order valence-corrected chi connectivity index (χ1v) is 16.5. The summed E-state index contributed by atoms with van der Waals surface area (Å²) in [6, 6.07) is 30.4. The predicted molar refractivity (Wildman–Crippen MR) is 181 cm³/mol. The van der Waals surface area contributed by atoms with E-state index in [0.717, 1.165) is 71.3 Å². The average Bonchev–Trinajstić information content (AvgIpc) is 4.08. The van der Waals surface area contributed by atoms with Crippen molar-refractivity contribution in [3.05, 3.63) is 97.1 Å².